The van der Waals surface area contributed by atoms with E-state index < -0.39 is 12.0 Å². The van der Waals surface area contributed by atoms with Crippen molar-refractivity contribution in [2.75, 3.05) is 5.88 Å². The van der Waals surface area contributed by atoms with Crippen molar-refractivity contribution in [2.45, 2.75) is 6.18 Å². The Morgan fingerprint density at radius 2 is 1.86 bits per heavy atom. The van der Waals surface area contributed by atoms with Gasteiger partial charge in [-0.1, -0.05) is 11.8 Å². The smallest absolute Gasteiger partial charge is 0.232 e. The lowest BCUT2D eigenvalue weighted by molar-refractivity contribution is -0.145. The van der Waals surface area contributed by atoms with Crippen LogP contribution >= 0.6 is 11.6 Å². The molecule has 74 valence electrons. The van der Waals surface area contributed by atoms with Crippen molar-refractivity contribution in [2.24, 2.45) is 0 Å². The Labute approximate surface area is 83.1 Å². The summed E-state index contributed by atoms with van der Waals surface area (Å²) >= 11 is 5.26. The van der Waals surface area contributed by atoms with Gasteiger partial charge in [0.05, 0.1) is 11.4 Å². The largest absolute Gasteiger partial charge is 0.451 e. The van der Waals surface area contributed by atoms with Crippen LogP contribution in [0.5, 0.6) is 0 Å². The fraction of sp³-hybridized carbons (Fsp3) is 0.250. The maximum absolute atomic E-state index is 12.0. The Bertz CT molecular complexity index is 361. The summed E-state index contributed by atoms with van der Waals surface area (Å²) in [5.41, 5.74) is 0.304. The summed E-state index contributed by atoms with van der Waals surface area (Å²) < 4.78 is 36.0. The average molecular weight is 221 g/mol. The second-order valence-corrected chi connectivity index (χ2v) is 2.50. The molecule has 1 heterocycles. The summed E-state index contributed by atoms with van der Waals surface area (Å²) in [7, 11) is 0. The Morgan fingerprint density at radius 3 is 2.29 bits per heavy atom. The lowest BCUT2D eigenvalue weighted by Crippen LogP contribution is -2.10. The molecule has 0 bridgehead atoms. The van der Waals surface area contributed by atoms with Crippen LogP contribution < -0.4 is 0 Å². The predicted molar refractivity (Wildman–Crippen MR) is 44.6 cm³/mol. The van der Waals surface area contributed by atoms with E-state index in [0.29, 0.717) is 5.56 Å². The first-order valence-electron chi connectivity index (χ1n) is 3.48. The van der Waals surface area contributed by atoms with Crippen LogP contribution in [0.25, 0.3) is 0 Å². The fourth-order valence-electron chi connectivity index (χ4n) is 0.674. The van der Waals surface area contributed by atoms with Gasteiger partial charge in [-0.2, -0.15) is 13.2 Å². The number of halogens is 4. The van der Waals surface area contributed by atoms with E-state index in [1.165, 1.54) is 0 Å². The molecule has 0 saturated carbocycles. The van der Waals surface area contributed by atoms with Crippen LogP contribution in [0.4, 0.5) is 13.2 Å². The van der Waals surface area contributed by atoms with Gasteiger partial charge in [-0.15, -0.1) is 11.6 Å². The molecule has 1 aromatic rings. The Hall–Kier alpha value is -1.28. The highest BCUT2D eigenvalue weighted by atomic mass is 35.5. The predicted octanol–water partition coefficient (Wildman–Crippen LogP) is 2.09. The molecule has 0 atom stereocenters. The van der Waals surface area contributed by atoms with E-state index >= 15 is 0 Å². The highest BCUT2D eigenvalue weighted by molar-refractivity contribution is 6.19. The van der Waals surface area contributed by atoms with Gasteiger partial charge in [0.15, 0.2) is 0 Å². The van der Waals surface area contributed by atoms with Crippen LogP contribution in [0.2, 0.25) is 0 Å². The lowest BCUT2D eigenvalue weighted by Gasteiger charge is -2.02. The Balaban J connectivity index is 2.89. The topological polar surface area (TPSA) is 25.8 Å². The number of hydrogen-bond acceptors (Lipinski definition) is 2. The number of nitrogens with zero attached hydrogens (tertiary/aromatic N) is 2. The second-order valence-electron chi connectivity index (χ2n) is 2.23. The molecule has 0 amide bonds. The minimum Gasteiger partial charge on any atom is -0.232 e. The summed E-state index contributed by atoms with van der Waals surface area (Å²) in [5.74, 6) is 3.92. The van der Waals surface area contributed by atoms with Crippen LogP contribution in [-0.4, -0.2) is 15.8 Å². The van der Waals surface area contributed by atoms with Crippen molar-refractivity contribution in [1.82, 2.24) is 9.97 Å². The van der Waals surface area contributed by atoms with Gasteiger partial charge in [-0.05, 0) is 0 Å². The highest BCUT2D eigenvalue weighted by Crippen LogP contribution is 2.25. The zero-order chi connectivity index (χ0) is 10.6. The molecular formula is C8H4ClF3N2. The van der Waals surface area contributed by atoms with Crippen molar-refractivity contribution in [3.63, 3.8) is 0 Å². The molecule has 0 N–H and O–H groups in total. The molecule has 1 aromatic heterocycles. The minimum absolute atomic E-state index is 0.112. The molecule has 0 aliphatic rings. The van der Waals surface area contributed by atoms with Crippen LogP contribution in [0.15, 0.2) is 12.4 Å². The van der Waals surface area contributed by atoms with E-state index in [-0.39, 0.29) is 5.88 Å². The van der Waals surface area contributed by atoms with E-state index in [1.54, 1.807) is 0 Å². The van der Waals surface area contributed by atoms with Crippen LogP contribution in [-0.2, 0) is 6.18 Å². The third-order valence-electron chi connectivity index (χ3n) is 1.20. The van der Waals surface area contributed by atoms with E-state index in [4.69, 9.17) is 11.6 Å². The fourth-order valence-corrected chi connectivity index (χ4v) is 0.741. The lowest BCUT2D eigenvalue weighted by atomic mass is 10.3. The van der Waals surface area contributed by atoms with Crippen molar-refractivity contribution in [1.29, 1.82) is 0 Å². The van der Waals surface area contributed by atoms with Gasteiger partial charge >= 0.3 is 6.18 Å². The first kappa shape index (κ1) is 10.8. The van der Waals surface area contributed by atoms with Gasteiger partial charge in [0.2, 0.25) is 5.82 Å². The maximum atomic E-state index is 12.0. The van der Waals surface area contributed by atoms with Gasteiger partial charge < -0.3 is 0 Å². The number of rotatable bonds is 0. The molecule has 6 heteroatoms. The molecule has 14 heavy (non-hydrogen) atoms. The summed E-state index contributed by atoms with van der Waals surface area (Å²) in [6.45, 7) is 0. The monoisotopic (exact) mass is 220 g/mol. The van der Waals surface area contributed by atoms with Gasteiger partial charge in [0, 0.05) is 12.4 Å². The summed E-state index contributed by atoms with van der Waals surface area (Å²) in [4.78, 5) is 6.24. The average Bonchev–Trinajstić information content (AvgIpc) is 2.14. The number of aromatic nitrogens is 2. The van der Waals surface area contributed by atoms with Gasteiger partial charge in [-0.25, -0.2) is 9.97 Å². The standard InChI is InChI=1S/C8H4ClF3N2/c9-3-1-2-6-4-13-7(14-5-6)8(10,11)12/h4-5H,3H2. The molecule has 0 spiro atoms. The molecule has 0 aliphatic carbocycles. The first-order valence-corrected chi connectivity index (χ1v) is 4.01. The molecule has 0 fully saturated rings. The molecule has 2 nitrogen and oxygen atoms in total. The second kappa shape index (κ2) is 4.29. The Morgan fingerprint density at radius 1 is 1.29 bits per heavy atom. The highest BCUT2D eigenvalue weighted by Gasteiger charge is 2.34. The van der Waals surface area contributed by atoms with Gasteiger partial charge in [-0.3, -0.25) is 0 Å². The summed E-state index contributed by atoms with van der Waals surface area (Å²) in [6.07, 6.45) is -2.50. The van der Waals surface area contributed by atoms with E-state index in [0.717, 1.165) is 12.4 Å². The quantitative estimate of drug-likeness (QED) is 0.494. The SMILES string of the molecule is FC(F)(F)c1ncc(C#CCCl)cn1. The normalized spacial score (nSPS) is 10.6. The molecule has 0 aliphatic heterocycles. The number of alkyl halides is 4. The van der Waals surface area contributed by atoms with Crippen LogP contribution in [0.1, 0.15) is 11.4 Å². The molecule has 0 saturated heterocycles. The van der Waals surface area contributed by atoms with Crippen molar-refractivity contribution >= 4 is 11.6 Å². The van der Waals surface area contributed by atoms with E-state index in [2.05, 4.69) is 21.8 Å². The van der Waals surface area contributed by atoms with Crippen molar-refractivity contribution in [3.05, 3.63) is 23.8 Å². The minimum atomic E-state index is -4.52. The van der Waals surface area contributed by atoms with E-state index in [9.17, 15) is 13.2 Å². The third-order valence-corrected chi connectivity index (χ3v) is 1.34. The zero-order valence-corrected chi connectivity index (χ0v) is 7.52. The van der Waals surface area contributed by atoms with Crippen LogP contribution in [0, 0.1) is 11.8 Å². The molecule has 0 unspecified atom stereocenters. The molecular weight excluding hydrogens is 217 g/mol. The summed E-state index contributed by atoms with van der Waals surface area (Å²) in [6, 6.07) is 0. The van der Waals surface area contributed by atoms with Crippen molar-refractivity contribution in [3.8, 4) is 11.8 Å². The molecule has 1 rings (SSSR count). The van der Waals surface area contributed by atoms with Crippen molar-refractivity contribution < 1.29 is 13.2 Å². The number of hydrogen-bond donors (Lipinski definition) is 0. The zero-order valence-electron chi connectivity index (χ0n) is 6.77. The maximum Gasteiger partial charge on any atom is 0.451 e. The molecule has 0 aromatic carbocycles. The molecule has 0 radical (unpaired) electrons. The van der Waals surface area contributed by atoms with Crippen LogP contribution in [0.3, 0.4) is 0 Å². The first-order chi connectivity index (χ1) is 6.54. The Kier molecular flexibility index (Phi) is 3.31. The summed E-state index contributed by atoms with van der Waals surface area (Å²) in [5, 5.41) is 0. The van der Waals surface area contributed by atoms with Gasteiger partial charge in [0.1, 0.15) is 0 Å². The van der Waals surface area contributed by atoms with E-state index in [1.807, 2.05) is 0 Å². The van der Waals surface area contributed by atoms with Gasteiger partial charge in [0.25, 0.3) is 0 Å². The third kappa shape index (κ3) is 2.89.